The molecule has 0 fully saturated rings. The van der Waals surface area contributed by atoms with Gasteiger partial charge in [0.05, 0.1) is 5.39 Å². The molecule has 3 nitrogen and oxygen atoms in total. The van der Waals surface area contributed by atoms with Gasteiger partial charge in [-0.25, -0.2) is 0 Å². The van der Waals surface area contributed by atoms with Crippen LogP contribution in [0.25, 0.3) is 21.3 Å². The molecule has 0 radical (unpaired) electrons. The smallest absolute Gasteiger partial charge is 0.261 e. The van der Waals surface area contributed by atoms with Gasteiger partial charge in [-0.1, -0.05) is 30.3 Å². The standard InChI is InChI=1S/C13H10N2OS2/c1-7-9(8-5-3-2-4-6-8)10-11(16)14-13(17)15-12(10)18-7/h2-6H,1H3,(H2,14,15,16,17). The Labute approximate surface area is 112 Å². The number of H-pyrrole nitrogens is 2. The summed E-state index contributed by atoms with van der Waals surface area (Å²) < 4.78 is 0.369. The summed E-state index contributed by atoms with van der Waals surface area (Å²) in [4.78, 5) is 19.7. The van der Waals surface area contributed by atoms with Crippen molar-refractivity contribution in [1.82, 2.24) is 9.97 Å². The molecule has 0 saturated heterocycles. The predicted octanol–water partition coefficient (Wildman–Crippen LogP) is 3.62. The van der Waals surface area contributed by atoms with E-state index in [0.29, 0.717) is 10.2 Å². The molecular formula is C13H10N2OS2. The zero-order valence-corrected chi connectivity index (χ0v) is 11.2. The largest absolute Gasteiger partial charge is 0.323 e. The number of fused-ring (bicyclic) bond motifs is 1. The van der Waals surface area contributed by atoms with E-state index in [-0.39, 0.29) is 5.56 Å². The molecular weight excluding hydrogens is 264 g/mol. The van der Waals surface area contributed by atoms with Crippen molar-refractivity contribution in [2.24, 2.45) is 0 Å². The van der Waals surface area contributed by atoms with Gasteiger partial charge in [0.25, 0.3) is 5.56 Å². The van der Waals surface area contributed by atoms with E-state index < -0.39 is 0 Å². The Bertz CT molecular complexity index is 828. The highest BCUT2D eigenvalue weighted by Crippen LogP contribution is 2.34. The highest BCUT2D eigenvalue weighted by Gasteiger charge is 2.14. The lowest BCUT2D eigenvalue weighted by molar-refractivity contribution is 1.15. The summed E-state index contributed by atoms with van der Waals surface area (Å²) in [6.45, 7) is 2.02. The Morgan fingerprint density at radius 1 is 1.17 bits per heavy atom. The van der Waals surface area contributed by atoms with Crippen molar-refractivity contribution in [2.45, 2.75) is 6.92 Å². The molecule has 2 aromatic heterocycles. The van der Waals surface area contributed by atoms with Gasteiger partial charge in [0.1, 0.15) is 4.83 Å². The molecule has 0 aliphatic carbocycles. The van der Waals surface area contributed by atoms with Gasteiger partial charge in [-0.15, -0.1) is 11.3 Å². The summed E-state index contributed by atoms with van der Waals surface area (Å²) in [7, 11) is 0. The molecule has 0 spiro atoms. The quantitative estimate of drug-likeness (QED) is 0.666. The highest BCUT2D eigenvalue weighted by atomic mass is 32.1. The van der Waals surface area contributed by atoms with Crippen LogP contribution in [0.15, 0.2) is 35.1 Å². The molecule has 18 heavy (non-hydrogen) atoms. The van der Waals surface area contributed by atoms with E-state index in [9.17, 15) is 4.79 Å². The minimum absolute atomic E-state index is 0.128. The molecule has 1 aromatic carbocycles. The summed E-state index contributed by atoms with van der Waals surface area (Å²) in [6.07, 6.45) is 0. The Morgan fingerprint density at radius 3 is 2.61 bits per heavy atom. The van der Waals surface area contributed by atoms with Gasteiger partial charge in [0.15, 0.2) is 4.77 Å². The van der Waals surface area contributed by atoms with Crippen LogP contribution in [0.4, 0.5) is 0 Å². The lowest BCUT2D eigenvalue weighted by atomic mass is 10.0. The Kier molecular flexibility index (Phi) is 2.65. The third-order valence-corrected chi connectivity index (χ3v) is 4.05. The number of benzene rings is 1. The summed E-state index contributed by atoms with van der Waals surface area (Å²) in [5.74, 6) is 0. The Balaban J connectivity index is 2.47. The number of hydrogen-bond acceptors (Lipinski definition) is 3. The minimum Gasteiger partial charge on any atom is -0.323 e. The summed E-state index contributed by atoms with van der Waals surface area (Å²) in [5, 5.41) is 0.692. The van der Waals surface area contributed by atoms with Crippen molar-refractivity contribution in [3.05, 3.63) is 50.3 Å². The second kappa shape index (κ2) is 4.19. The zero-order valence-electron chi connectivity index (χ0n) is 9.61. The predicted molar refractivity (Wildman–Crippen MR) is 77.8 cm³/mol. The second-order valence-corrected chi connectivity index (χ2v) is 5.64. The SMILES string of the molecule is Cc1sc2[nH]c(=S)[nH]c(=O)c2c1-c1ccccc1. The van der Waals surface area contributed by atoms with E-state index in [0.717, 1.165) is 20.8 Å². The van der Waals surface area contributed by atoms with Crippen LogP contribution in [-0.4, -0.2) is 9.97 Å². The van der Waals surface area contributed by atoms with Crippen LogP contribution in [0.2, 0.25) is 0 Å². The number of rotatable bonds is 1. The summed E-state index contributed by atoms with van der Waals surface area (Å²) in [5.41, 5.74) is 1.91. The topological polar surface area (TPSA) is 48.6 Å². The molecule has 2 heterocycles. The molecule has 3 aromatic rings. The fourth-order valence-electron chi connectivity index (χ4n) is 2.10. The maximum absolute atomic E-state index is 12.1. The fourth-order valence-corrected chi connectivity index (χ4v) is 3.44. The molecule has 90 valence electrons. The molecule has 0 aliphatic heterocycles. The van der Waals surface area contributed by atoms with Crippen LogP contribution < -0.4 is 5.56 Å². The van der Waals surface area contributed by atoms with Crippen molar-refractivity contribution in [2.75, 3.05) is 0 Å². The average Bonchev–Trinajstić information content (AvgIpc) is 2.66. The molecule has 0 aliphatic rings. The van der Waals surface area contributed by atoms with Crippen LogP contribution in [0.3, 0.4) is 0 Å². The van der Waals surface area contributed by atoms with Gasteiger partial charge < -0.3 is 4.98 Å². The molecule has 0 unspecified atom stereocenters. The first-order valence-corrected chi connectivity index (χ1v) is 6.70. The fraction of sp³-hybridized carbons (Fsp3) is 0.0769. The second-order valence-electron chi connectivity index (χ2n) is 4.01. The first-order valence-electron chi connectivity index (χ1n) is 5.48. The molecule has 3 rings (SSSR count). The molecule has 5 heteroatoms. The van der Waals surface area contributed by atoms with E-state index in [1.54, 1.807) is 11.3 Å². The lowest BCUT2D eigenvalue weighted by Crippen LogP contribution is -2.07. The molecule has 0 amide bonds. The van der Waals surface area contributed by atoms with E-state index in [4.69, 9.17) is 12.2 Å². The molecule has 0 saturated carbocycles. The van der Waals surface area contributed by atoms with Crippen molar-refractivity contribution in [3.63, 3.8) is 0 Å². The Hall–Kier alpha value is -1.72. The minimum atomic E-state index is -0.128. The number of nitrogens with one attached hydrogen (secondary N) is 2. The third-order valence-electron chi connectivity index (χ3n) is 2.83. The molecule has 0 atom stereocenters. The van der Waals surface area contributed by atoms with Crippen LogP contribution in [0.1, 0.15) is 4.88 Å². The van der Waals surface area contributed by atoms with Gasteiger partial charge in [-0.3, -0.25) is 9.78 Å². The zero-order chi connectivity index (χ0) is 12.7. The van der Waals surface area contributed by atoms with Gasteiger partial charge >= 0.3 is 0 Å². The number of aromatic nitrogens is 2. The maximum atomic E-state index is 12.1. The third kappa shape index (κ3) is 1.72. The van der Waals surface area contributed by atoms with Crippen molar-refractivity contribution in [1.29, 1.82) is 0 Å². The first kappa shape index (κ1) is 11.4. The van der Waals surface area contributed by atoms with Crippen molar-refractivity contribution in [3.8, 4) is 11.1 Å². The van der Waals surface area contributed by atoms with Crippen LogP contribution >= 0.6 is 23.6 Å². The van der Waals surface area contributed by atoms with E-state index in [2.05, 4.69) is 9.97 Å². The monoisotopic (exact) mass is 274 g/mol. The lowest BCUT2D eigenvalue weighted by Gasteiger charge is -2.00. The van der Waals surface area contributed by atoms with E-state index in [1.165, 1.54) is 0 Å². The number of hydrogen-bond donors (Lipinski definition) is 2. The highest BCUT2D eigenvalue weighted by molar-refractivity contribution is 7.71. The van der Waals surface area contributed by atoms with Gasteiger partial charge in [0, 0.05) is 10.4 Å². The van der Waals surface area contributed by atoms with Crippen LogP contribution in [-0.2, 0) is 0 Å². The van der Waals surface area contributed by atoms with Gasteiger partial charge in [-0.05, 0) is 24.7 Å². The molecule has 2 N–H and O–H groups in total. The molecule has 0 bridgehead atoms. The van der Waals surface area contributed by atoms with E-state index >= 15 is 0 Å². The number of thiophene rings is 1. The van der Waals surface area contributed by atoms with E-state index in [1.807, 2.05) is 37.3 Å². The average molecular weight is 274 g/mol. The summed E-state index contributed by atoms with van der Waals surface area (Å²) >= 11 is 6.55. The normalized spacial score (nSPS) is 10.9. The Morgan fingerprint density at radius 2 is 1.89 bits per heavy atom. The van der Waals surface area contributed by atoms with Crippen molar-refractivity contribution < 1.29 is 0 Å². The van der Waals surface area contributed by atoms with Gasteiger partial charge in [0.2, 0.25) is 0 Å². The van der Waals surface area contributed by atoms with Gasteiger partial charge in [-0.2, -0.15) is 0 Å². The summed E-state index contributed by atoms with van der Waals surface area (Å²) in [6, 6.07) is 9.92. The van der Waals surface area contributed by atoms with Crippen molar-refractivity contribution >= 4 is 33.8 Å². The maximum Gasteiger partial charge on any atom is 0.261 e. The van der Waals surface area contributed by atoms with Crippen LogP contribution in [0, 0.1) is 11.7 Å². The first-order chi connectivity index (χ1) is 8.66. The number of aromatic amines is 2. The number of aryl methyl sites for hydroxylation is 1. The van der Waals surface area contributed by atoms with Crippen LogP contribution in [0.5, 0.6) is 0 Å².